The van der Waals surface area contributed by atoms with E-state index in [1.165, 1.54) is 0 Å². The number of carbonyl (C=O) groups excluding carboxylic acids is 2. The third kappa shape index (κ3) is 4.20. The van der Waals surface area contributed by atoms with Gasteiger partial charge in [-0.25, -0.2) is 4.79 Å². The summed E-state index contributed by atoms with van der Waals surface area (Å²) in [6.07, 6.45) is 2.28. The number of hydrogen-bond acceptors (Lipinski definition) is 6. The third-order valence-electron chi connectivity index (χ3n) is 3.66. The third-order valence-corrected chi connectivity index (χ3v) is 3.66. The van der Waals surface area contributed by atoms with Crippen molar-refractivity contribution in [1.29, 1.82) is 0 Å². The summed E-state index contributed by atoms with van der Waals surface area (Å²) in [5.41, 5.74) is -0.488. The molecule has 0 spiro atoms. The predicted molar refractivity (Wildman–Crippen MR) is 79.8 cm³/mol. The maximum atomic E-state index is 11.8. The minimum atomic E-state index is -0.488. The van der Waals surface area contributed by atoms with Crippen molar-refractivity contribution in [3.05, 3.63) is 11.7 Å². The average Bonchev–Trinajstić information content (AvgIpc) is 3.06. The molecule has 1 aliphatic carbocycles. The molecule has 0 radical (unpaired) electrons. The molecule has 3 rings (SSSR count). The second kappa shape index (κ2) is 5.82. The van der Waals surface area contributed by atoms with Gasteiger partial charge in [0.1, 0.15) is 5.60 Å². The Morgan fingerprint density at radius 1 is 1.35 bits per heavy atom. The highest BCUT2D eigenvalue weighted by molar-refractivity contribution is 5.90. The van der Waals surface area contributed by atoms with Crippen molar-refractivity contribution in [2.24, 2.45) is 5.92 Å². The molecule has 1 aliphatic heterocycles. The molecule has 1 N–H and O–H groups in total. The summed E-state index contributed by atoms with van der Waals surface area (Å²) in [5, 5.41) is 6.52. The predicted octanol–water partition coefficient (Wildman–Crippen LogP) is 1.37. The van der Waals surface area contributed by atoms with Crippen LogP contribution >= 0.6 is 0 Å². The Hall–Kier alpha value is -2.12. The molecule has 8 nitrogen and oxygen atoms in total. The van der Waals surface area contributed by atoms with Crippen LogP contribution in [0.5, 0.6) is 0 Å². The Labute approximate surface area is 134 Å². The highest BCUT2D eigenvalue weighted by Gasteiger charge is 2.35. The van der Waals surface area contributed by atoms with Gasteiger partial charge in [0.2, 0.25) is 5.89 Å². The molecule has 126 valence electrons. The molecule has 8 heteroatoms. The fourth-order valence-corrected chi connectivity index (χ4v) is 2.33. The number of hydrogen-bond donors (Lipinski definition) is 1. The van der Waals surface area contributed by atoms with E-state index in [2.05, 4.69) is 15.5 Å². The summed E-state index contributed by atoms with van der Waals surface area (Å²) < 4.78 is 10.4. The Kier molecular flexibility index (Phi) is 3.99. The number of nitrogens with one attached hydrogen (secondary N) is 1. The average molecular weight is 322 g/mol. The van der Waals surface area contributed by atoms with Crippen LogP contribution in [0.3, 0.4) is 0 Å². The van der Waals surface area contributed by atoms with Gasteiger partial charge in [-0.2, -0.15) is 4.98 Å². The van der Waals surface area contributed by atoms with Crippen molar-refractivity contribution < 1.29 is 18.8 Å². The monoisotopic (exact) mass is 322 g/mol. The molecule has 0 atom stereocenters. The van der Waals surface area contributed by atoms with E-state index >= 15 is 0 Å². The normalized spacial score (nSPS) is 18.5. The van der Waals surface area contributed by atoms with Crippen molar-refractivity contribution >= 4 is 12.0 Å². The molecular formula is C15H22N4O4. The zero-order valence-corrected chi connectivity index (χ0v) is 13.7. The highest BCUT2D eigenvalue weighted by Crippen LogP contribution is 2.23. The second-order valence-corrected chi connectivity index (χ2v) is 7.21. The summed E-state index contributed by atoms with van der Waals surface area (Å²) in [6.45, 7) is 6.72. The van der Waals surface area contributed by atoms with E-state index in [4.69, 9.17) is 9.26 Å². The molecular weight excluding hydrogens is 300 g/mol. The number of aromatic nitrogens is 2. The summed E-state index contributed by atoms with van der Waals surface area (Å²) in [4.78, 5) is 29.4. The van der Waals surface area contributed by atoms with E-state index in [9.17, 15) is 9.59 Å². The lowest BCUT2D eigenvalue weighted by Gasteiger charge is -2.39. The van der Waals surface area contributed by atoms with Gasteiger partial charge in [0.15, 0.2) is 0 Å². The van der Waals surface area contributed by atoms with Gasteiger partial charge in [-0.1, -0.05) is 5.16 Å². The van der Waals surface area contributed by atoms with Crippen LogP contribution in [0.4, 0.5) is 4.79 Å². The quantitative estimate of drug-likeness (QED) is 0.899. The lowest BCUT2D eigenvalue weighted by atomic mass is 9.97. The Morgan fingerprint density at radius 2 is 2.04 bits per heavy atom. The van der Waals surface area contributed by atoms with Gasteiger partial charge in [0.05, 0.1) is 0 Å². The van der Waals surface area contributed by atoms with Gasteiger partial charge >= 0.3 is 6.09 Å². The minimum Gasteiger partial charge on any atom is -0.444 e. The number of likely N-dealkylation sites (tertiary alicyclic amines) is 1. The molecule has 2 fully saturated rings. The van der Waals surface area contributed by atoms with Crippen LogP contribution in [-0.2, 0) is 11.2 Å². The molecule has 23 heavy (non-hydrogen) atoms. The molecule has 0 unspecified atom stereocenters. The van der Waals surface area contributed by atoms with Crippen molar-refractivity contribution in [1.82, 2.24) is 20.4 Å². The molecule has 0 aromatic carbocycles. The Bertz CT molecular complexity index is 597. The zero-order chi connectivity index (χ0) is 16.6. The molecule has 1 aromatic heterocycles. The van der Waals surface area contributed by atoms with Crippen molar-refractivity contribution in [2.75, 3.05) is 13.1 Å². The highest BCUT2D eigenvalue weighted by atomic mass is 16.6. The van der Waals surface area contributed by atoms with Crippen LogP contribution in [0, 0.1) is 5.92 Å². The maximum Gasteiger partial charge on any atom is 0.410 e. The molecule has 0 bridgehead atoms. The number of rotatable bonds is 4. The first kappa shape index (κ1) is 15.8. The van der Waals surface area contributed by atoms with Crippen LogP contribution in [0.1, 0.15) is 50.1 Å². The van der Waals surface area contributed by atoms with Gasteiger partial charge in [-0.3, -0.25) is 4.79 Å². The molecule has 1 saturated carbocycles. The summed E-state index contributed by atoms with van der Waals surface area (Å²) in [5.74, 6) is 0.476. The van der Waals surface area contributed by atoms with Crippen LogP contribution < -0.4 is 5.32 Å². The van der Waals surface area contributed by atoms with Crippen LogP contribution in [-0.4, -0.2) is 51.8 Å². The van der Waals surface area contributed by atoms with Gasteiger partial charge in [-0.15, -0.1) is 0 Å². The van der Waals surface area contributed by atoms with Gasteiger partial charge in [0, 0.05) is 31.5 Å². The fraction of sp³-hybridized carbons (Fsp3) is 0.733. The fourth-order valence-electron chi connectivity index (χ4n) is 2.33. The second-order valence-electron chi connectivity index (χ2n) is 7.21. The van der Waals surface area contributed by atoms with Crippen LogP contribution in [0.2, 0.25) is 0 Å². The summed E-state index contributed by atoms with van der Waals surface area (Å²) >= 11 is 0. The van der Waals surface area contributed by atoms with E-state index in [1.54, 1.807) is 4.90 Å². The topological polar surface area (TPSA) is 97.6 Å². The number of ether oxygens (including phenoxy) is 1. The van der Waals surface area contributed by atoms with Crippen LogP contribution in [0.15, 0.2) is 4.52 Å². The molecule has 2 heterocycles. The van der Waals surface area contributed by atoms with E-state index in [1.807, 2.05) is 20.8 Å². The number of carbonyl (C=O) groups is 2. The lowest BCUT2D eigenvalue weighted by Crippen LogP contribution is -2.52. The number of nitrogens with zero attached hydrogens (tertiary/aromatic N) is 3. The first-order chi connectivity index (χ1) is 10.8. The number of amides is 2. The first-order valence-corrected chi connectivity index (χ1v) is 7.91. The van der Waals surface area contributed by atoms with Crippen molar-refractivity contribution in [3.63, 3.8) is 0 Å². The minimum absolute atomic E-state index is 0.0789. The van der Waals surface area contributed by atoms with Gasteiger partial charge in [-0.05, 0) is 33.6 Å². The van der Waals surface area contributed by atoms with E-state index in [0.29, 0.717) is 25.4 Å². The van der Waals surface area contributed by atoms with Gasteiger partial charge < -0.3 is 19.5 Å². The SMILES string of the molecule is CC(C)(C)OC(=O)N1CC(Cc2nc(C(=O)NC3CC3)no2)C1. The standard InChI is InChI=1S/C15H22N4O4/c1-15(2,3)22-14(21)19-7-9(8-19)6-11-17-12(18-23-11)13(20)16-10-4-5-10/h9-10H,4-8H2,1-3H3,(H,16,20). The molecule has 1 aromatic rings. The molecule has 1 saturated heterocycles. The van der Waals surface area contributed by atoms with E-state index in [0.717, 1.165) is 12.8 Å². The van der Waals surface area contributed by atoms with Crippen molar-refractivity contribution in [3.8, 4) is 0 Å². The molecule has 2 aliphatic rings. The smallest absolute Gasteiger partial charge is 0.410 e. The summed E-state index contributed by atoms with van der Waals surface area (Å²) in [7, 11) is 0. The van der Waals surface area contributed by atoms with E-state index in [-0.39, 0.29) is 29.8 Å². The Morgan fingerprint density at radius 3 is 2.65 bits per heavy atom. The lowest BCUT2D eigenvalue weighted by molar-refractivity contribution is -0.00187. The first-order valence-electron chi connectivity index (χ1n) is 7.91. The van der Waals surface area contributed by atoms with Crippen molar-refractivity contribution in [2.45, 2.75) is 51.7 Å². The maximum absolute atomic E-state index is 11.8. The van der Waals surface area contributed by atoms with E-state index < -0.39 is 5.60 Å². The van der Waals surface area contributed by atoms with Gasteiger partial charge in [0.25, 0.3) is 11.7 Å². The van der Waals surface area contributed by atoms with Crippen LogP contribution in [0.25, 0.3) is 0 Å². The summed E-state index contributed by atoms with van der Waals surface area (Å²) in [6, 6.07) is 0.262. The zero-order valence-electron chi connectivity index (χ0n) is 13.7. The largest absolute Gasteiger partial charge is 0.444 e. The molecule has 2 amide bonds. The Balaban J connectivity index is 1.44.